The van der Waals surface area contributed by atoms with Gasteiger partial charge >= 0.3 is 6.18 Å². The molecule has 0 aliphatic heterocycles. The third-order valence-corrected chi connectivity index (χ3v) is 3.11. The number of carbonyl (C=O) groups is 1. The average Bonchev–Trinajstić information content (AvgIpc) is 2.53. The highest BCUT2D eigenvalue weighted by Gasteiger charge is 2.34. The second-order valence-corrected chi connectivity index (χ2v) is 4.71. The Labute approximate surface area is 137 Å². The van der Waals surface area contributed by atoms with Gasteiger partial charge in [-0.05, 0) is 18.2 Å². The van der Waals surface area contributed by atoms with Crippen molar-refractivity contribution < 1.29 is 27.8 Å². The van der Waals surface area contributed by atoms with Crippen LogP contribution in [0.15, 0.2) is 42.5 Å². The van der Waals surface area contributed by atoms with E-state index in [0.717, 1.165) is 30.3 Å². The van der Waals surface area contributed by atoms with E-state index in [1.165, 1.54) is 6.07 Å². The molecule has 25 heavy (non-hydrogen) atoms. The Morgan fingerprint density at radius 2 is 1.64 bits per heavy atom. The number of nitrogens with one attached hydrogen (secondary N) is 1. The quantitative estimate of drug-likeness (QED) is 0.662. The summed E-state index contributed by atoms with van der Waals surface area (Å²) in [4.78, 5) is 31.9. The first-order valence-corrected chi connectivity index (χ1v) is 6.51. The van der Waals surface area contributed by atoms with Crippen LogP contribution in [0.4, 0.5) is 30.2 Å². The molecule has 2 aromatic carbocycles. The minimum Gasteiger partial charge on any atom is -0.321 e. The predicted octanol–water partition coefficient (Wildman–Crippen LogP) is 3.77. The molecule has 0 unspecified atom stereocenters. The molecule has 11 heteroatoms. The fourth-order valence-corrected chi connectivity index (χ4v) is 2.01. The number of alkyl halides is 3. The molecule has 130 valence electrons. The van der Waals surface area contributed by atoms with E-state index in [0.29, 0.717) is 6.07 Å². The number of benzene rings is 2. The number of nitrogens with zero attached hydrogens (tertiary/aromatic N) is 2. The van der Waals surface area contributed by atoms with E-state index >= 15 is 0 Å². The van der Waals surface area contributed by atoms with Gasteiger partial charge in [-0.2, -0.15) is 13.2 Å². The zero-order chi connectivity index (χ0) is 18.8. The highest BCUT2D eigenvalue weighted by atomic mass is 19.4. The summed E-state index contributed by atoms with van der Waals surface area (Å²) < 4.78 is 38.7. The molecule has 0 aromatic heterocycles. The van der Waals surface area contributed by atoms with E-state index < -0.39 is 50.1 Å². The second kappa shape index (κ2) is 6.55. The van der Waals surface area contributed by atoms with Crippen molar-refractivity contribution in [2.45, 2.75) is 6.18 Å². The summed E-state index contributed by atoms with van der Waals surface area (Å²) in [6.07, 6.45) is -4.74. The molecular weight excluding hydrogens is 347 g/mol. The van der Waals surface area contributed by atoms with Gasteiger partial charge in [-0.1, -0.05) is 12.1 Å². The summed E-state index contributed by atoms with van der Waals surface area (Å²) in [6.45, 7) is 0. The Balaban J connectivity index is 2.43. The average molecular weight is 355 g/mol. The van der Waals surface area contributed by atoms with Gasteiger partial charge in [0.2, 0.25) is 0 Å². The number of para-hydroxylation sites is 1. The molecule has 2 rings (SSSR count). The van der Waals surface area contributed by atoms with Gasteiger partial charge in [-0.25, -0.2) is 0 Å². The van der Waals surface area contributed by atoms with Crippen molar-refractivity contribution in [3.8, 4) is 0 Å². The van der Waals surface area contributed by atoms with Gasteiger partial charge in [0.05, 0.1) is 27.2 Å². The maximum Gasteiger partial charge on any atom is 0.418 e. The van der Waals surface area contributed by atoms with Crippen molar-refractivity contribution in [3.05, 3.63) is 73.8 Å². The van der Waals surface area contributed by atoms with Crippen LogP contribution in [0, 0.1) is 20.2 Å². The summed E-state index contributed by atoms with van der Waals surface area (Å²) in [5, 5.41) is 23.6. The summed E-state index contributed by atoms with van der Waals surface area (Å²) in [5.41, 5.74) is -3.84. The molecule has 0 atom stereocenters. The molecule has 0 saturated heterocycles. The predicted molar refractivity (Wildman–Crippen MR) is 79.1 cm³/mol. The van der Waals surface area contributed by atoms with Crippen LogP contribution in [0.2, 0.25) is 0 Å². The van der Waals surface area contributed by atoms with E-state index in [4.69, 9.17) is 0 Å². The molecule has 0 aliphatic carbocycles. The van der Waals surface area contributed by atoms with E-state index in [1.807, 2.05) is 5.32 Å². The van der Waals surface area contributed by atoms with E-state index in [2.05, 4.69) is 0 Å². The van der Waals surface area contributed by atoms with Gasteiger partial charge in [0, 0.05) is 6.07 Å². The lowest BCUT2D eigenvalue weighted by Gasteiger charge is -2.13. The number of amides is 1. The largest absolute Gasteiger partial charge is 0.418 e. The lowest BCUT2D eigenvalue weighted by Crippen LogP contribution is -2.17. The maximum atomic E-state index is 12.9. The van der Waals surface area contributed by atoms with Crippen LogP contribution < -0.4 is 5.32 Å². The van der Waals surface area contributed by atoms with Crippen LogP contribution in [0.5, 0.6) is 0 Å². The Morgan fingerprint density at radius 1 is 1.00 bits per heavy atom. The first-order valence-electron chi connectivity index (χ1n) is 6.51. The first-order chi connectivity index (χ1) is 11.6. The van der Waals surface area contributed by atoms with Crippen molar-refractivity contribution in [3.63, 3.8) is 0 Å². The molecule has 0 heterocycles. The number of hydrogen-bond acceptors (Lipinski definition) is 5. The minimum atomic E-state index is -4.74. The molecule has 1 amide bonds. The summed E-state index contributed by atoms with van der Waals surface area (Å²) in [7, 11) is 0. The van der Waals surface area contributed by atoms with E-state index in [1.54, 1.807) is 0 Å². The molecule has 0 saturated carbocycles. The summed E-state index contributed by atoms with van der Waals surface area (Å²) >= 11 is 0. The van der Waals surface area contributed by atoms with Crippen LogP contribution in [-0.4, -0.2) is 15.8 Å². The lowest BCUT2D eigenvalue weighted by molar-refractivity contribution is -0.394. The minimum absolute atomic E-state index is 0.560. The Kier molecular flexibility index (Phi) is 4.68. The molecule has 8 nitrogen and oxygen atoms in total. The van der Waals surface area contributed by atoms with Gasteiger partial charge < -0.3 is 5.32 Å². The van der Waals surface area contributed by atoms with E-state index in [-0.39, 0.29) is 0 Å². The highest BCUT2D eigenvalue weighted by Crippen LogP contribution is 2.35. The monoisotopic (exact) mass is 355 g/mol. The molecule has 0 fully saturated rings. The van der Waals surface area contributed by atoms with Crippen molar-refractivity contribution in [2.24, 2.45) is 0 Å². The van der Waals surface area contributed by atoms with Crippen LogP contribution in [0.1, 0.15) is 15.9 Å². The molecule has 0 aliphatic rings. The Bertz CT molecular complexity index is 867. The topological polar surface area (TPSA) is 115 Å². The fourth-order valence-electron chi connectivity index (χ4n) is 2.01. The van der Waals surface area contributed by atoms with Crippen LogP contribution in [-0.2, 0) is 6.18 Å². The molecule has 1 N–H and O–H groups in total. The smallest absolute Gasteiger partial charge is 0.321 e. The molecule has 0 spiro atoms. The Morgan fingerprint density at radius 3 is 2.20 bits per heavy atom. The van der Waals surface area contributed by atoms with E-state index in [9.17, 15) is 38.2 Å². The fraction of sp³-hybridized carbons (Fsp3) is 0.0714. The molecular formula is C14H8F3N3O5. The second-order valence-electron chi connectivity index (χ2n) is 4.71. The zero-order valence-electron chi connectivity index (χ0n) is 12.1. The van der Waals surface area contributed by atoms with Crippen LogP contribution in [0.3, 0.4) is 0 Å². The van der Waals surface area contributed by atoms with Gasteiger partial charge in [0.1, 0.15) is 5.56 Å². The third-order valence-electron chi connectivity index (χ3n) is 3.11. The number of anilines is 1. The number of carbonyl (C=O) groups excluding carboxylic acids is 1. The third kappa shape index (κ3) is 3.88. The van der Waals surface area contributed by atoms with Crippen molar-refractivity contribution >= 4 is 23.0 Å². The first kappa shape index (κ1) is 17.8. The molecule has 0 bridgehead atoms. The number of hydrogen-bond donors (Lipinski definition) is 1. The number of halogens is 3. The standard InChI is InChI=1S/C14H8F3N3O5/c15-14(16,17)10-3-1-2-4-11(10)18-13(21)9-6-5-8(19(22)23)7-12(9)20(24)25/h1-7H,(H,18,21). The number of nitro benzene ring substituents is 2. The van der Waals surface area contributed by atoms with Crippen LogP contribution >= 0.6 is 0 Å². The summed E-state index contributed by atoms with van der Waals surface area (Å²) in [5.74, 6) is -1.20. The van der Waals surface area contributed by atoms with Crippen LogP contribution in [0.25, 0.3) is 0 Å². The Hall–Kier alpha value is -3.50. The molecule has 0 radical (unpaired) electrons. The van der Waals surface area contributed by atoms with Crippen molar-refractivity contribution in [1.82, 2.24) is 0 Å². The summed E-state index contributed by atoms with van der Waals surface area (Å²) in [6, 6.07) is 6.30. The van der Waals surface area contributed by atoms with Crippen molar-refractivity contribution in [1.29, 1.82) is 0 Å². The van der Waals surface area contributed by atoms with Gasteiger partial charge in [0.25, 0.3) is 17.3 Å². The zero-order valence-corrected chi connectivity index (χ0v) is 12.1. The SMILES string of the molecule is O=C(Nc1ccccc1C(F)(F)F)c1ccc([N+](=O)[O-])cc1[N+](=O)[O-]. The number of rotatable bonds is 4. The maximum absolute atomic E-state index is 12.9. The van der Waals surface area contributed by atoms with Gasteiger partial charge in [0.15, 0.2) is 0 Å². The van der Waals surface area contributed by atoms with Gasteiger partial charge in [-0.3, -0.25) is 25.0 Å². The number of nitro groups is 2. The highest BCUT2D eigenvalue weighted by molar-refractivity contribution is 6.07. The molecule has 2 aromatic rings. The van der Waals surface area contributed by atoms with Gasteiger partial charge in [-0.15, -0.1) is 0 Å². The normalized spacial score (nSPS) is 11.0. The lowest BCUT2D eigenvalue weighted by atomic mass is 10.1. The number of non-ortho nitro benzene ring substituents is 1. The van der Waals surface area contributed by atoms with Crippen molar-refractivity contribution in [2.75, 3.05) is 5.32 Å².